The Morgan fingerprint density at radius 2 is 1.55 bits per heavy atom. The maximum absolute atomic E-state index is 12.2. The van der Waals surface area contributed by atoms with Crippen molar-refractivity contribution < 1.29 is 18.7 Å². The van der Waals surface area contributed by atoms with Gasteiger partial charge in [-0.1, -0.05) is 12.1 Å². The van der Waals surface area contributed by atoms with Crippen molar-refractivity contribution in [2.75, 3.05) is 18.1 Å². The molecule has 1 saturated heterocycles. The molecule has 2 heterocycles. The van der Waals surface area contributed by atoms with Crippen molar-refractivity contribution in [1.29, 1.82) is 0 Å². The third-order valence-electron chi connectivity index (χ3n) is 4.02. The molecule has 20 heavy (non-hydrogen) atoms. The lowest BCUT2D eigenvalue weighted by molar-refractivity contribution is 0.0625. The van der Waals surface area contributed by atoms with E-state index in [1.54, 1.807) is 24.3 Å². The number of amides is 2. The second kappa shape index (κ2) is 4.87. The smallest absolute Gasteiger partial charge is 0.261 e. The summed E-state index contributed by atoms with van der Waals surface area (Å²) in [6.07, 6.45) is 1.30. The molecule has 0 unspecified atom stereocenters. The SMILES string of the molecule is O=C1c2ccccc2C(=O)N1CC1CCS(O)(O)CC1. The molecule has 0 bridgehead atoms. The lowest BCUT2D eigenvalue weighted by Crippen LogP contribution is -2.37. The van der Waals surface area contributed by atoms with Crippen molar-refractivity contribution in [2.45, 2.75) is 12.8 Å². The Kier molecular flexibility index (Phi) is 3.32. The van der Waals surface area contributed by atoms with Crippen LogP contribution < -0.4 is 0 Å². The van der Waals surface area contributed by atoms with E-state index in [0.29, 0.717) is 42.0 Å². The highest BCUT2D eigenvalue weighted by molar-refractivity contribution is 8.24. The van der Waals surface area contributed by atoms with Crippen LogP contribution in [0.2, 0.25) is 0 Å². The fourth-order valence-corrected chi connectivity index (χ4v) is 4.43. The van der Waals surface area contributed by atoms with Crippen LogP contribution in [0.5, 0.6) is 0 Å². The molecule has 0 atom stereocenters. The van der Waals surface area contributed by atoms with Crippen LogP contribution in [0.25, 0.3) is 0 Å². The quantitative estimate of drug-likeness (QED) is 0.821. The Morgan fingerprint density at radius 1 is 1.05 bits per heavy atom. The molecule has 2 N–H and O–H groups in total. The van der Waals surface area contributed by atoms with Gasteiger partial charge in [-0.25, -0.2) is 0 Å². The molecule has 0 spiro atoms. The largest absolute Gasteiger partial charge is 0.299 e. The molecule has 0 aromatic heterocycles. The highest BCUT2D eigenvalue weighted by atomic mass is 32.3. The van der Waals surface area contributed by atoms with E-state index in [1.165, 1.54) is 4.90 Å². The van der Waals surface area contributed by atoms with Crippen LogP contribution in [-0.2, 0) is 0 Å². The van der Waals surface area contributed by atoms with Crippen LogP contribution in [-0.4, -0.2) is 43.9 Å². The van der Waals surface area contributed by atoms with E-state index in [2.05, 4.69) is 0 Å². The van der Waals surface area contributed by atoms with Gasteiger partial charge in [0, 0.05) is 18.1 Å². The highest BCUT2D eigenvalue weighted by Gasteiger charge is 2.37. The minimum Gasteiger partial charge on any atom is -0.299 e. The van der Waals surface area contributed by atoms with Crippen molar-refractivity contribution in [3.8, 4) is 0 Å². The predicted molar refractivity (Wildman–Crippen MR) is 77.1 cm³/mol. The van der Waals surface area contributed by atoms with E-state index < -0.39 is 10.6 Å². The van der Waals surface area contributed by atoms with Crippen LogP contribution in [0.15, 0.2) is 24.3 Å². The monoisotopic (exact) mass is 295 g/mol. The summed E-state index contributed by atoms with van der Waals surface area (Å²) in [5, 5.41) is 0. The fourth-order valence-electron chi connectivity index (χ4n) is 2.80. The number of rotatable bonds is 2. The van der Waals surface area contributed by atoms with E-state index >= 15 is 0 Å². The zero-order chi connectivity index (χ0) is 14.3. The van der Waals surface area contributed by atoms with Gasteiger partial charge >= 0.3 is 0 Å². The third kappa shape index (κ3) is 2.34. The van der Waals surface area contributed by atoms with E-state index in [4.69, 9.17) is 0 Å². The van der Waals surface area contributed by atoms with Gasteiger partial charge < -0.3 is 0 Å². The number of carbonyl (C=O) groups excluding carboxylic acids is 2. The van der Waals surface area contributed by atoms with Crippen molar-refractivity contribution in [2.24, 2.45) is 5.92 Å². The van der Waals surface area contributed by atoms with Crippen LogP contribution >= 0.6 is 10.6 Å². The number of imide groups is 1. The van der Waals surface area contributed by atoms with Crippen LogP contribution in [0, 0.1) is 5.92 Å². The number of hydrogen-bond acceptors (Lipinski definition) is 4. The lowest BCUT2D eigenvalue weighted by Gasteiger charge is -2.39. The molecule has 2 aliphatic heterocycles. The Bertz CT molecular complexity index is 527. The molecule has 5 nitrogen and oxygen atoms in total. The number of fused-ring (bicyclic) bond motifs is 1. The standard InChI is InChI=1S/C14H17NO4S/c16-13-11-3-1-2-4-12(11)14(17)15(13)9-10-5-7-20(18,19)8-6-10/h1-4,10,18-19H,5-9H2. The highest BCUT2D eigenvalue weighted by Crippen LogP contribution is 2.46. The number of carbonyl (C=O) groups is 2. The molecular formula is C14H17NO4S. The summed E-state index contributed by atoms with van der Waals surface area (Å²) >= 11 is 0. The second-order valence-electron chi connectivity index (χ2n) is 5.42. The summed E-state index contributed by atoms with van der Waals surface area (Å²) in [5.74, 6) is 0.449. The van der Waals surface area contributed by atoms with Gasteiger partial charge in [0.25, 0.3) is 11.8 Å². The number of benzene rings is 1. The number of nitrogens with zero attached hydrogens (tertiary/aromatic N) is 1. The summed E-state index contributed by atoms with van der Waals surface area (Å²) < 4.78 is 19.2. The molecule has 1 aromatic rings. The number of hydrogen-bond donors (Lipinski definition) is 2. The Labute approximate surface area is 118 Å². The lowest BCUT2D eigenvalue weighted by atomic mass is 10.0. The van der Waals surface area contributed by atoms with Crippen LogP contribution in [0.1, 0.15) is 33.6 Å². The molecule has 1 aromatic carbocycles. The Hall–Kier alpha value is -1.37. The molecule has 0 aliphatic carbocycles. The molecule has 0 radical (unpaired) electrons. The van der Waals surface area contributed by atoms with Crippen molar-refractivity contribution in [3.63, 3.8) is 0 Å². The molecule has 2 amide bonds. The van der Waals surface area contributed by atoms with Gasteiger partial charge in [-0.2, -0.15) is 10.6 Å². The zero-order valence-corrected chi connectivity index (χ0v) is 11.8. The summed E-state index contributed by atoms with van der Waals surface area (Å²) in [6, 6.07) is 6.85. The second-order valence-corrected chi connectivity index (χ2v) is 7.84. The zero-order valence-electron chi connectivity index (χ0n) is 11.0. The van der Waals surface area contributed by atoms with Gasteiger partial charge in [0.15, 0.2) is 0 Å². The maximum atomic E-state index is 12.2. The molecule has 6 heteroatoms. The molecule has 3 rings (SSSR count). The fraction of sp³-hybridized carbons (Fsp3) is 0.429. The first-order valence-corrected chi connectivity index (χ1v) is 8.55. The molecule has 0 saturated carbocycles. The molecule has 108 valence electrons. The Morgan fingerprint density at radius 3 is 2.05 bits per heavy atom. The average Bonchev–Trinajstić information content (AvgIpc) is 2.67. The summed E-state index contributed by atoms with van der Waals surface area (Å²) in [4.78, 5) is 25.7. The van der Waals surface area contributed by atoms with Gasteiger partial charge in [0.2, 0.25) is 0 Å². The van der Waals surface area contributed by atoms with Crippen molar-refractivity contribution in [1.82, 2.24) is 4.90 Å². The van der Waals surface area contributed by atoms with E-state index in [1.807, 2.05) is 0 Å². The minimum atomic E-state index is -2.42. The van der Waals surface area contributed by atoms with E-state index in [0.717, 1.165) is 0 Å². The molecule has 1 fully saturated rings. The first-order valence-electron chi connectivity index (χ1n) is 6.67. The van der Waals surface area contributed by atoms with Gasteiger partial charge in [0.05, 0.1) is 11.1 Å². The van der Waals surface area contributed by atoms with Crippen LogP contribution in [0.3, 0.4) is 0 Å². The van der Waals surface area contributed by atoms with Gasteiger partial charge in [0.1, 0.15) is 0 Å². The van der Waals surface area contributed by atoms with Crippen molar-refractivity contribution in [3.05, 3.63) is 35.4 Å². The first-order chi connectivity index (χ1) is 9.48. The normalized spacial score (nSPS) is 23.8. The van der Waals surface area contributed by atoms with Crippen LogP contribution in [0.4, 0.5) is 0 Å². The van der Waals surface area contributed by atoms with Gasteiger partial charge in [-0.15, -0.1) is 0 Å². The topological polar surface area (TPSA) is 77.8 Å². The molecule has 2 aliphatic rings. The maximum Gasteiger partial charge on any atom is 0.261 e. The predicted octanol–water partition coefficient (Wildman–Crippen LogP) is 2.44. The van der Waals surface area contributed by atoms with Gasteiger partial charge in [-0.3, -0.25) is 23.6 Å². The van der Waals surface area contributed by atoms with E-state index in [-0.39, 0.29) is 17.7 Å². The third-order valence-corrected chi connectivity index (χ3v) is 5.80. The summed E-state index contributed by atoms with van der Waals surface area (Å²) in [7, 11) is -2.42. The van der Waals surface area contributed by atoms with Gasteiger partial charge in [-0.05, 0) is 30.9 Å². The summed E-state index contributed by atoms with van der Waals surface area (Å²) in [5.41, 5.74) is 0.940. The minimum absolute atomic E-state index is 0.164. The van der Waals surface area contributed by atoms with Crippen molar-refractivity contribution >= 4 is 22.4 Å². The average molecular weight is 295 g/mol. The summed E-state index contributed by atoms with van der Waals surface area (Å²) in [6.45, 7) is 0.377. The Balaban J connectivity index is 1.71. The molecular weight excluding hydrogens is 278 g/mol. The van der Waals surface area contributed by atoms with E-state index in [9.17, 15) is 18.7 Å². The first kappa shape index (κ1) is 13.6.